The van der Waals surface area contributed by atoms with E-state index in [1.54, 1.807) is 24.3 Å². The average Bonchev–Trinajstić information content (AvgIpc) is 2.54. The molecule has 0 aliphatic carbocycles. The van der Waals surface area contributed by atoms with Gasteiger partial charge in [-0.1, -0.05) is 54.9 Å². The number of aromatic hydroxyl groups is 4. The van der Waals surface area contributed by atoms with Gasteiger partial charge in [0, 0.05) is 28.2 Å². The van der Waals surface area contributed by atoms with Crippen molar-refractivity contribution in [3.8, 4) is 23.0 Å². The Labute approximate surface area is 168 Å². The van der Waals surface area contributed by atoms with Crippen molar-refractivity contribution in [1.29, 1.82) is 0 Å². The van der Waals surface area contributed by atoms with Crippen molar-refractivity contribution in [2.75, 3.05) is 0 Å². The highest BCUT2D eigenvalue weighted by Crippen LogP contribution is 2.47. The van der Waals surface area contributed by atoms with Gasteiger partial charge in [-0.2, -0.15) is 0 Å². The van der Waals surface area contributed by atoms with Gasteiger partial charge in [0.2, 0.25) is 0 Å². The topological polar surface area (TPSA) is 80.9 Å². The maximum atomic E-state index is 11.0. The standard InChI is InChI=1S/C24H34O4/c1-8-9-16(17-10-14(25)12-19(21(17)27)23(2,3)4)18-11-15(26)13-20(22(18)28)24(5,6)7/h10-13,16,25-28H,8-9H2,1-7H3. The summed E-state index contributed by atoms with van der Waals surface area (Å²) < 4.78 is 0. The molecule has 2 rings (SSSR count). The zero-order valence-corrected chi connectivity index (χ0v) is 18.1. The van der Waals surface area contributed by atoms with Crippen LogP contribution in [0.15, 0.2) is 24.3 Å². The van der Waals surface area contributed by atoms with Crippen LogP contribution in [0.3, 0.4) is 0 Å². The molecule has 0 saturated heterocycles. The molecule has 4 N–H and O–H groups in total. The second kappa shape index (κ2) is 7.57. The molecule has 0 atom stereocenters. The second-order valence-corrected chi connectivity index (χ2v) is 9.70. The number of phenolic OH excluding ortho intramolecular Hbond substituents is 4. The van der Waals surface area contributed by atoms with Gasteiger partial charge in [-0.25, -0.2) is 0 Å². The fraction of sp³-hybridized carbons (Fsp3) is 0.500. The molecule has 0 aliphatic rings. The van der Waals surface area contributed by atoms with E-state index in [2.05, 4.69) is 0 Å². The van der Waals surface area contributed by atoms with E-state index in [1.807, 2.05) is 48.5 Å². The Bertz CT molecular complexity index is 785. The van der Waals surface area contributed by atoms with Crippen molar-refractivity contribution in [1.82, 2.24) is 0 Å². The van der Waals surface area contributed by atoms with Gasteiger partial charge in [-0.15, -0.1) is 0 Å². The molecule has 2 aromatic rings. The Hall–Kier alpha value is -2.36. The highest BCUT2D eigenvalue weighted by atomic mass is 16.3. The summed E-state index contributed by atoms with van der Waals surface area (Å²) in [7, 11) is 0. The van der Waals surface area contributed by atoms with Crippen LogP contribution in [0.1, 0.15) is 89.5 Å². The fourth-order valence-corrected chi connectivity index (χ4v) is 3.72. The van der Waals surface area contributed by atoms with Crippen LogP contribution in [0.5, 0.6) is 23.0 Å². The van der Waals surface area contributed by atoms with Crippen molar-refractivity contribution in [2.24, 2.45) is 0 Å². The van der Waals surface area contributed by atoms with E-state index >= 15 is 0 Å². The molecule has 154 valence electrons. The van der Waals surface area contributed by atoms with Crippen LogP contribution in [0.2, 0.25) is 0 Å². The lowest BCUT2D eigenvalue weighted by Gasteiger charge is -2.28. The summed E-state index contributed by atoms with van der Waals surface area (Å²) in [5.74, 6) is 0.0584. The first-order valence-corrected chi connectivity index (χ1v) is 9.90. The highest BCUT2D eigenvalue weighted by Gasteiger charge is 2.29. The van der Waals surface area contributed by atoms with Crippen molar-refractivity contribution >= 4 is 0 Å². The molecule has 0 bridgehead atoms. The smallest absolute Gasteiger partial charge is 0.123 e. The van der Waals surface area contributed by atoms with Gasteiger partial charge in [0.05, 0.1) is 0 Å². The summed E-state index contributed by atoms with van der Waals surface area (Å²) in [6, 6.07) is 6.30. The third-order valence-electron chi connectivity index (χ3n) is 5.19. The highest BCUT2D eigenvalue weighted by molar-refractivity contribution is 5.57. The average molecular weight is 387 g/mol. The summed E-state index contributed by atoms with van der Waals surface area (Å²) in [6.07, 6.45) is 1.46. The third-order valence-corrected chi connectivity index (χ3v) is 5.19. The number of phenols is 4. The lowest BCUT2D eigenvalue weighted by Crippen LogP contribution is -2.15. The van der Waals surface area contributed by atoms with E-state index in [0.29, 0.717) is 28.7 Å². The molecule has 0 saturated carbocycles. The Morgan fingerprint density at radius 3 is 1.32 bits per heavy atom. The minimum Gasteiger partial charge on any atom is -0.508 e. The van der Waals surface area contributed by atoms with E-state index < -0.39 is 0 Å². The molecule has 0 heterocycles. The molecule has 0 spiro atoms. The van der Waals surface area contributed by atoms with Gasteiger partial charge >= 0.3 is 0 Å². The molecule has 0 radical (unpaired) electrons. The van der Waals surface area contributed by atoms with Crippen molar-refractivity contribution in [3.05, 3.63) is 46.5 Å². The summed E-state index contributed by atoms with van der Waals surface area (Å²) in [6.45, 7) is 13.9. The maximum absolute atomic E-state index is 11.0. The molecule has 0 amide bonds. The third kappa shape index (κ3) is 4.37. The van der Waals surface area contributed by atoms with E-state index in [-0.39, 0.29) is 39.7 Å². The molecule has 28 heavy (non-hydrogen) atoms. The fourth-order valence-electron chi connectivity index (χ4n) is 3.72. The molecule has 0 aromatic heterocycles. The number of rotatable bonds is 4. The van der Waals surface area contributed by atoms with Crippen molar-refractivity contribution in [2.45, 2.75) is 78.1 Å². The number of hydrogen-bond acceptors (Lipinski definition) is 4. The zero-order valence-electron chi connectivity index (χ0n) is 18.1. The number of hydrogen-bond donors (Lipinski definition) is 4. The summed E-state index contributed by atoms with van der Waals surface area (Å²) >= 11 is 0. The molecule has 0 aliphatic heterocycles. The Morgan fingerprint density at radius 1 is 0.679 bits per heavy atom. The zero-order chi connectivity index (χ0) is 21.4. The van der Waals surface area contributed by atoms with E-state index in [4.69, 9.17) is 0 Å². The summed E-state index contributed by atoms with van der Waals surface area (Å²) in [5, 5.41) is 42.7. The van der Waals surface area contributed by atoms with Crippen LogP contribution in [0, 0.1) is 0 Å². The molecule has 0 fully saturated rings. The Kier molecular flexibility index (Phi) is 5.93. The van der Waals surface area contributed by atoms with Gasteiger partial charge in [0.15, 0.2) is 0 Å². The quantitative estimate of drug-likeness (QED) is 0.483. The monoisotopic (exact) mass is 386 g/mol. The lowest BCUT2D eigenvalue weighted by atomic mass is 9.78. The molecular formula is C24H34O4. The Balaban J connectivity index is 2.79. The van der Waals surface area contributed by atoms with Crippen LogP contribution < -0.4 is 0 Å². The predicted molar refractivity (Wildman–Crippen MR) is 114 cm³/mol. The first-order valence-electron chi connectivity index (χ1n) is 9.90. The van der Waals surface area contributed by atoms with Gasteiger partial charge in [0.25, 0.3) is 0 Å². The van der Waals surface area contributed by atoms with Crippen LogP contribution in [0.4, 0.5) is 0 Å². The summed E-state index contributed by atoms with van der Waals surface area (Å²) in [4.78, 5) is 0. The lowest BCUT2D eigenvalue weighted by molar-refractivity contribution is 0.413. The molecule has 4 nitrogen and oxygen atoms in total. The maximum Gasteiger partial charge on any atom is 0.123 e. The van der Waals surface area contributed by atoms with Gasteiger partial charge < -0.3 is 20.4 Å². The minimum absolute atomic E-state index is 0.0783. The second-order valence-electron chi connectivity index (χ2n) is 9.70. The van der Waals surface area contributed by atoms with Gasteiger partial charge in [0.1, 0.15) is 23.0 Å². The van der Waals surface area contributed by atoms with E-state index in [9.17, 15) is 20.4 Å². The normalized spacial score (nSPS) is 12.6. The Morgan fingerprint density at radius 2 is 1.04 bits per heavy atom. The van der Waals surface area contributed by atoms with Crippen molar-refractivity contribution < 1.29 is 20.4 Å². The first-order chi connectivity index (χ1) is 12.8. The molecule has 0 unspecified atom stereocenters. The largest absolute Gasteiger partial charge is 0.508 e. The van der Waals surface area contributed by atoms with Crippen LogP contribution in [0.25, 0.3) is 0 Å². The number of benzene rings is 2. The summed E-state index contributed by atoms with van der Waals surface area (Å²) in [5.41, 5.74) is 1.72. The van der Waals surface area contributed by atoms with Crippen LogP contribution in [-0.2, 0) is 10.8 Å². The first kappa shape index (κ1) is 21.9. The van der Waals surface area contributed by atoms with E-state index in [1.165, 1.54) is 0 Å². The molecule has 4 heteroatoms. The van der Waals surface area contributed by atoms with Gasteiger partial charge in [-0.05, 0) is 41.5 Å². The molecule has 2 aromatic carbocycles. The van der Waals surface area contributed by atoms with E-state index in [0.717, 1.165) is 6.42 Å². The molecular weight excluding hydrogens is 352 g/mol. The van der Waals surface area contributed by atoms with Crippen LogP contribution >= 0.6 is 0 Å². The SMILES string of the molecule is CCCC(c1cc(O)cc(C(C)(C)C)c1O)c1cc(O)cc(C(C)(C)C)c1O. The van der Waals surface area contributed by atoms with Gasteiger partial charge in [-0.3, -0.25) is 0 Å². The van der Waals surface area contributed by atoms with Crippen molar-refractivity contribution in [3.63, 3.8) is 0 Å². The van der Waals surface area contributed by atoms with Crippen LogP contribution in [-0.4, -0.2) is 20.4 Å². The predicted octanol–water partition coefficient (Wildman–Crippen LogP) is 6.04. The minimum atomic E-state index is -0.355.